The van der Waals surface area contributed by atoms with Gasteiger partial charge in [0.15, 0.2) is 6.23 Å². The molecule has 2 amide bonds. The van der Waals surface area contributed by atoms with Crippen molar-refractivity contribution in [2.75, 3.05) is 0 Å². The number of nitrogens with one attached hydrogen (secondary N) is 2. The molecule has 13 heteroatoms. The number of alkyl halides is 5. The van der Waals surface area contributed by atoms with Crippen molar-refractivity contribution in [3.63, 3.8) is 0 Å². The number of aliphatic hydroxyl groups is 2. The van der Waals surface area contributed by atoms with Crippen LogP contribution in [0.1, 0.15) is 45.5 Å². The zero-order chi connectivity index (χ0) is 26.4. The molecule has 3 atom stereocenters. The summed E-state index contributed by atoms with van der Waals surface area (Å²) in [5.74, 6) is -6.68. The van der Waals surface area contributed by atoms with Gasteiger partial charge in [-0.15, -0.1) is 0 Å². The zero-order valence-electron chi connectivity index (χ0n) is 18.5. The quantitative estimate of drug-likeness (QED) is 0.349. The predicted molar refractivity (Wildman–Crippen MR) is 112 cm³/mol. The standard InChI is InChI=1S/C23H21F6N3O4/c24-13-2-4-15(16(8-13)23(27,28)29)22(25,26)21(36)30-9-11-1-3-14-12(7-11)10-32(20(14)35)17-5-6-18(33)31-19(17)34/h1-4,7-8,17-18,21,30,33,36H,5-6,9-10H2,(H,31,34)/t17?,18-,21-/m1/s1. The SMILES string of the molecule is O=C1N[C@H](O)CCC1N1Cc2cc(CN[C@H](O)C(F)(F)c3ccc(F)cc3C(F)(F)F)ccc2C1=O. The third-order valence-electron chi connectivity index (χ3n) is 6.19. The van der Waals surface area contributed by atoms with Crippen LogP contribution in [0.4, 0.5) is 26.3 Å². The van der Waals surface area contributed by atoms with Crippen LogP contribution in [0.15, 0.2) is 36.4 Å². The molecule has 1 fully saturated rings. The van der Waals surface area contributed by atoms with Gasteiger partial charge in [-0.3, -0.25) is 14.9 Å². The van der Waals surface area contributed by atoms with Crippen LogP contribution in [-0.2, 0) is 30.0 Å². The Labute approximate surface area is 200 Å². The second kappa shape index (κ2) is 9.37. The second-order valence-corrected chi connectivity index (χ2v) is 8.64. The minimum absolute atomic E-state index is 0.0550. The van der Waals surface area contributed by atoms with E-state index in [4.69, 9.17) is 0 Å². The molecule has 2 aromatic rings. The van der Waals surface area contributed by atoms with E-state index in [0.717, 1.165) is 0 Å². The third kappa shape index (κ3) is 4.90. The van der Waals surface area contributed by atoms with Crippen molar-refractivity contribution in [1.82, 2.24) is 15.5 Å². The van der Waals surface area contributed by atoms with E-state index in [-0.39, 0.29) is 31.5 Å². The van der Waals surface area contributed by atoms with Crippen LogP contribution in [-0.4, -0.2) is 45.4 Å². The van der Waals surface area contributed by atoms with Gasteiger partial charge in [-0.25, -0.2) is 4.39 Å². The van der Waals surface area contributed by atoms with E-state index in [1.54, 1.807) is 0 Å². The van der Waals surface area contributed by atoms with Crippen LogP contribution >= 0.6 is 0 Å². The van der Waals surface area contributed by atoms with E-state index in [1.807, 2.05) is 0 Å². The Hall–Kier alpha value is -3.16. The monoisotopic (exact) mass is 517 g/mol. The number of fused-ring (bicyclic) bond motifs is 1. The van der Waals surface area contributed by atoms with Crippen molar-refractivity contribution in [2.45, 2.75) is 56.5 Å². The highest BCUT2D eigenvalue weighted by atomic mass is 19.4. The second-order valence-electron chi connectivity index (χ2n) is 8.64. The van der Waals surface area contributed by atoms with Gasteiger partial charge in [-0.1, -0.05) is 12.1 Å². The van der Waals surface area contributed by atoms with Crippen molar-refractivity contribution in [3.8, 4) is 0 Å². The number of hydrogen-bond acceptors (Lipinski definition) is 5. The van der Waals surface area contributed by atoms with E-state index >= 15 is 0 Å². The molecule has 1 saturated heterocycles. The number of benzene rings is 2. The number of rotatable bonds is 6. The van der Waals surface area contributed by atoms with E-state index in [0.29, 0.717) is 22.8 Å². The highest BCUT2D eigenvalue weighted by Gasteiger charge is 2.47. The number of carbonyl (C=O) groups is 2. The van der Waals surface area contributed by atoms with Crippen LogP contribution < -0.4 is 10.6 Å². The molecule has 0 bridgehead atoms. The molecule has 4 rings (SSSR count). The number of piperidine rings is 1. The molecule has 0 saturated carbocycles. The molecule has 0 spiro atoms. The maximum absolute atomic E-state index is 14.7. The summed E-state index contributed by atoms with van der Waals surface area (Å²) in [6.07, 6.45) is -8.48. The smallest absolute Gasteiger partial charge is 0.374 e. The zero-order valence-corrected chi connectivity index (χ0v) is 18.5. The lowest BCUT2D eigenvalue weighted by atomic mass is 9.99. The highest BCUT2D eigenvalue weighted by Crippen LogP contribution is 2.41. The van der Waals surface area contributed by atoms with Gasteiger partial charge in [0, 0.05) is 24.2 Å². The summed E-state index contributed by atoms with van der Waals surface area (Å²) in [4.78, 5) is 26.3. The molecule has 1 unspecified atom stereocenters. The number of nitrogens with zero attached hydrogens (tertiary/aromatic N) is 1. The Bertz CT molecular complexity index is 1190. The first kappa shape index (κ1) is 25.9. The maximum atomic E-state index is 14.7. The van der Waals surface area contributed by atoms with E-state index < -0.39 is 65.9 Å². The molecule has 194 valence electrons. The Morgan fingerprint density at radius 3 is 2.44 bits per heavy atom. The number of carbonyl (C=O) groups excluding carboxylic acids is 2. The molecule has 0 radical (unpaired) electrons. The maximum Gasteiger partial charge on any atom is 0.417 e. The summed E-state index contributed by atoms with van der Waals surface area (Å²) >= 11 is 0. The molecule has 0 aliphatic carbocycles. The lowest BCUT2D eigenvalue weighted by Gasteiger charge is -2.32. The average molecular weight is 517 g/mol. The Balaban J connectivity index is 1.47. The fourth-order valence-corrected chi connectivity index (χ4v) is 4.37. The Morgan fingerprint density at radius 2 is 1.78 bits per heavy atom. The molecule has 2 aliphatic heterocycles. The van der Waals surface area contributed by atoms with Crippen molar-refractivity contribution in [1.29, 1.82) is 0 Å². The first-order chi connectivity index (χ1) is 16.8. The van der Waals surface area contributed by atoms with E-state index in [9.17, 15) is 46.1 Å². The Kier molecular flexibility index (Phi) is 6.75. The number of aliphatic hydroxyl groups excluding tert-OH is 2. The van der Waals surface area contributed by atoms with Gasteiger partial charge in [0.05, 0.1) is 5.56 Å². The lowest BCUT2D eigenvalue weighted by molar-refractivity contribution is -0.155. The molecular weight excluding hydrogens is 496 g/mol. The molecule has 0 aromatic heterocycles. The van der Waals surface area contributed by atoms with Gasteiger partial charge >= 0.3 is 12.1 Å². The van der Waals surface area contributed by atoms with Crippen molar-refractivity contribution in [2.24, 2.45) is 0 Å². The summed E-state index contributed by atoms with van der Waals surface area (Å²) < 4.78 is 82.2. The lowest BCUT2D eigenvalue weighted by Crippen LogP contribution is -2.54. The number of halogens is 6. The largest absolute Gasteiger partial charge is 0.417 e. The summed E-state index contributed by atoms with van der Waals surface area (Å²) in [5, 5.41) is 24.0. The van der Waals surface area contributed by atoms with Crippen molar-refractivity contribution < 1.29 is 46.1 Å². The number of hydrogen-bond donors (Lipinski definition) is 4. The van der Waals surface area contributed by atoms with E-state index in [2.05, 4.69) is 10.6 Å². The molecule has 36 heavy (non-hydrogen) atoms. The van der Waals surface area contributed by atoms with Gasteiger partial charge in [-0.05, 0) is 48.2 Å². The molecular formula is C23H21F6N3O4. The number of amides is 2. The van der Waals surface area contributed by atoms with Crippen molar-refractivity contribution in [3.05, 3.63) is 70.0 Å². The summed E-state index contributed by atoms with van der Waals surface area (Å²) in [6.45, 7) is -0.337. The highest BCUT2D eigenvalue weighted by molar-refractivity contribution is 6.01. The molecule has 4 N–H and O–H groups in total. The van der Waals surface area contributed by atoms with Crippen LogP contribution in [0.3, 0.4) is 0 Å². The van der Waals surface area contributed by atoms with Crippen molar-refractivity contribution >= 4 is 11.8 Å². The molecule has 7 nitrogen and oxygen atoms in total. The summed E-state index contributed by atoms with van der Waals surface area (Å²) in [7, 11) is 0. The fourth-order valence-electron chi connectivity index (χ4n) is 4.37. The predicted octanol–water partition coefficient (Wildman–Crippen LogP) is 2.60. The third-order valence-corrected chi connectivity index (χ3v) is 6.19. The van der Waals surface area contributed by atoms with Crippen LogP contribution in [0.2, 0.25) is 0 Å². The average Bonchev–Trinajstić information content (AvgIpc) is 3.12. The van der Waals surface area contributed by atoms with Gasteiger partial charge in [-0.2, -0.15) is 22.0 Å². The minimum Gasteiger partial charge on any atom is -0.374 e. The van der Waals surface area contributed by atoms with Crippen LogP contribution in [0.5, 0.6) is 0 Å². The first-order valence-electron chi connectivity index (χ1n) is 10.9. The Morgan fingerprint density at radius 1 is 1.06 bits per heavy atom. The normalized spacial score (nSPS) is 21.4. The van der Waals surface area contributed by atoms with Gasteiger partial charge < -0.3 is 20.4 Å². The first-order valence-corrected chi connectivity index (χ1v) is 10.9. The fraction of sp³-hybridized carbons (Fsp3) is 0.391. The topological polar surface area (TPSA) is 102 Å². The molecule has 2 aliphatic rings. The van der Waals surface area contributed by atoms with Gasteiger partial charge in [0.25, 0.3) is 5.91 Å². The summed E-state index contributed by atoms with van der Waals surface area (Å²) in [5.41, 5.74) is -2.34. The van der Waals surface area contributed by atoms with Gasteiger partial charge in [0.2, 0.25) is 5.91 Å². The minimum atomic E-state index is -5.27. The summed E-state index contributed by atoms with van der Waals surface area (Å²) in [6, 6.07) is 4.22. The molecule has 2 aromatic carbocycles. The van der Waals surface area contributed by atoms with E-state index in [1.165, 1.54) is 23.1 Å². The van der Waals surface area contributed by atoms with Gasteiger partial charge in [0.1, 0.15) is 18.1 Å². The molecule has 2 heterocycles. The van der Waals surface area contributed by atoms with Crippen LogP contribution in [0, 0.1) is 5.82 Å². The van der Waals surface area contributed by atoms with Crippen LogP contribution in [0.25, 0.3) is 0 Å².